The van der Waals surface area contributed by atoms with E-state index in [-0.39, 0.29) is 49.3 Å². The average molecular weight is 926 g/mol. The number of carbonyl (C=O) groups is 4. The minimum atomic E-state index is -1.11. The molecule has 10 heteroatoms. The van der Waals surface area contributed by atoms with Crippen molar-refractivity contribution >= 4 is 23.8 Å². The maximum Gasteiger partial charge on any atom is 0.338 e. The van der Waals surface area contributed by atoms with Crippen molar-refractivity contribution in [3.8, 4) is 0 Å². The Labute approximate surface area is 403 Å². The van der Waals surface area contributed by atoms with Crippen molar-refractivity contribution < 1.29 is 42.9 Å². The van der Waals surface area contributed by atoms with Crippen LogP contribution < -0.4 is 5.32 Å². The van der Waals surface area contributed by atoms with E-state index in [4.69, 9.17) is 23.7 Å². The molecule has 67 heavy (non-hydrogen) atoms. The van der Waals surface area contributed by atoms with Gasteiger partial charge in [-0.3, -0.25) is 9.59 Å². The van der Waals surface area contributed by atoms with Crippen LogP contribution in [0.4, 0.5) is 0 Å². The zero-order chi connectivity index (χ0) is 48.1. The lowest BCUT2D eigenvalue weighted by Gasteiger charge is -2.43. The van der Waals surface area contributed by atoms with E-state index in [1.54, 1.807) is 48.5 Å². The Morgan fingerprint density at radius 3 is 1.67 bits per heavy atom. The molecule has 1 N–H and O–H groups in total. The number of benzene rings is 3. The summed E-state index contributed by atoms with van der Waals surface area (Å²) >= 11 is 0. The number of aryl methyl sites for hydroxylation is 1. The minimum absolute atomic E-state index is 0.0556. The van der Waals surface area contributed by atoms with E-state index in [1.807, 2.05) is 18.2 Å². The molecule has 0 spiro atoms. The summed E-state index contributed by atoms with van der Waals surface area (Å²) in [6.45, 7) is 9.90. The Bertz CT molecular complexity index is 1810. The summed E-state index contributed by atoms with van der Waals surface area (Å²) in [5.74, 6) is -1.55. The molecule has 3 aromatic carbocycles. The van der Waals surface area contributed by atoms with Gasteiger partial charge in [0.25, 0.3) is 0 Å². The van der Waals surface area contributed by atoms with Crippen LogP contribution in [0, 0.1) is 17.8 Å². The highest BCUT2D eigenvalue weighted by molar-refractivity contribution is 5.90. The molecule has 0 aliphatic carbocycles. The highest BCUT2D eigenvalue weighted by atomic mass is 16.7. The second-order valence-electron chi connectivity index (χ2n) is 18.9. The summed E-state index contributed by atoms with van der Waals surface area (Å²) in [6.07, 6.45) is 17.4. The fourth-order valence-corrected chi connectivity index (χ4v) is 8.99. The first-order valence-electron chi connectivity index (χ1n) is 25.8. The van der Waals surface area contributed by atoms with Gasteiger partial charge in [0, 0.05) is 19.3 Å². The van der Waals surface area contributed by atoms with Crippen LogP contribution in [0.15, 0.2) is 91.0 Å². The number of hydrogen-bond acceptors (Lipinski definition) is 9. The molecule has 1 aliphatic heterocycles. The summed E-state index contributed by atoms with van der Waals surface area (Å²) < 4.78 is 31.3. The lowest BCUT2D eigenvalue weighted by atomic mass is 9.79. The largest absolute Gasteiger partial charge is 0.463 e. The lowest BCUT2D eigenvalue weighted by molar-refractivity contribution is -0.259. The van der Waals surface area contributed by atoms with Crippen LogP contribution in [0.2, 0.25) is 0 Å². The van der Waals surface area contributed by atoms with Crippen molar-refractivity contribution in [1.82, 2.24) is 5.32 Å². The molecule has 3 aromatic rings. The van der Waals surface area contributed by atoms with Crippen molar-refractivity contribution in [3.63, 3.8) is 0 Å². The van der Waals surface area contributed by atoms with E-state index >= 15 is 0 Å². The number of hydrogen-bond donors (Lipinski definition) is 1. The third-order valence-corrected chi connectivity index (χ3v) is 13.6. The van der Waals surface area contributed by atoms with Crippen molar-refractivity contribution in [2.24, 2.45) is 17.8 Å². The molecule has 1 aliphatic rings. The quantitative estimate of drug-likeness (QED) is 0.0361. The normalized spacial score (nSPS) is 19.4. The molecule has 10 nitrogen and oxygen atoms in total. The highest BCUT2D eigenvalue weighted by Crippen LogP contribution is 2.36. The zero-order valence-electron chi connectivity index (χ0n) is 41.5. The molecule has 1 heterocycles. The predicted molar refractivity (Wildman–Crippen MR) is 266 cm³/mol. The van der Waals surface area contributed by atoms with Crippen LogP contribution in [-0.4, -0.2) is 67.7 Å². The highest BCUT2D eigenvalue weighted by Gasteiger charge is 2.42. The number of unbranched alkanes of at least 4 members (excludes halogenated alkanes) is 15. The fourth-order valence-electron chi connectivity index (χ4n) is 8.99. The zero-order valence-corrected chi connectivity index (χ0v) is 41.5. The van der Waals surface area contributed by atoms with Crippen LogP contribution in [0.5, 0.6) is 0 Å². The van der Waals surface area contributed by atoms with Crippen molar-refractivity contribution in [2.45, 2.75) is 194 Å². The standard InChI is InChI=1S/C57H83NO9/c1-6-7-8-9-10-11-12-13-14-15-18-30-39-51(65-55(61)48-35-26-21-27-36-48)54(67-56(62)49-37-28-22-29-38-49)50(41-64-57-45(4)43(2)44(3)52(66-57)42-63-46(5)59)58-53(60)40-31-19-16-17-23-32-47-33-24-20-25-34-47/h20-22,24-29,33-38,43-45,50-52,54,57H,6-19,23,30-32,39-42H2,1-5H3,(H,58,60)/t43?,44?,45?,50-,51+,52?,54-,57?/m0/s1. The van der Waals surface area contributed by atoms with E-state index in [1.165, 1.54) is 63.9 Å². The van der Waals surface area contributed by atoms with Gasteiger partial charge in [-0.1, -0.05) is 184 Å². The third kappa shape index (κ3) is 21.1. The van der Waals surface area contributed by atoms with Gasteiger partial charge in [-0.05, 0) is 73.8 Å². The maximum atomic E-state index is 14.1. The second-order valence-corrected chi connectivity index (χ2v) is 18.9. The molecule has 0 aromatic heterocycles. The summed E-state index contributed by atoms with van der Waals surface area (Å²) in [5.41, 5.74) is 2.05. The van der Waals surface area contributed by atoms with Gasteiger partial charge < -0.3 is 29.0 Å². The number of esters is 3. The van der Waals surface area contributed by atoms with Crippen molar-refractivity contribution in [3.05, 3.63) is 108 Å². The summed E-state index contributed by atoms with van der Waals surface area (Å²) in [5, 5.41) is 3.21. The van der Waals surface area contributed by atoms with E-state index in [9.17, 15) is 19.2 Å². The van der Waals surface area contributed by atoms with Gasteiger partial charge in [0.1, 0.15) is 12.7 Å². The Balaban J connectivity index is 1.55. The molecule has 0 radical (unpaired) electrons. The van der Waals surface area contributed by atoms with Gasteiger partial charge in [0.15, 0.2) is 12.4 Å². The molecular formula is C57H83NO9. The molecule has 4 rings (SSSR count). The van der Waals surface area contributed by atoms with E-state index < -0.39 is 42.6 Å². The van der Waals surface area contributed by atoms with Crippen LogP contribution in [0.1, 0.15) is 183 Å². The lowest BCUT2D eigenvalue weighted by Crippen LogP contribution is -2.55. The van der Waals surface area contributed by atoms with Crippen LogP contribution in [0.25, 0.3) is 0 Å². The number of ether oxygens (including phenoxy) is 5. The van der Waals surface area contributed by atoms with Gasteiger partial charge in [0.2, 0.25) is 5.91 Å². The fraction of sp³-hybridized carbons (Fsp3) is 0.614. The van der Waals surface area contributed by atoms with Crippen molar-refractivity contribution in [2.75, 3.05) is 13.2 Å². The Morgan fingerprint density at radius 1 is 0.597 bits per heavy atom. The predicted octanol–water partition coefficient (Wildman–Crippen LogP) is 12.8. The van der Waals surface area contributed by atoms with Gasteiger partial charge >= 0.3 is 17.9 Å². The number of rotatable bonds is 33. The Morgan fingerprint density at radius 2 is 1.10 bits per heavy atom. The molecule has 0 bridgehead atoms. The number of nitrogens with one attached hydrogen (secondary N) is 1. The van der Waals surface area contributed by atoms with Crippen LogP contribution in [-0.2, 0) is 39.7 Å². The smallest absolute Gasteiger partial charge is 0.338 e. The molecule has 8 atom stereocenters. The second kappa shape index (κ2) is 32.3. The maximum absolute atomic E-state index is 14.1. The first-order chi connectivity index (χ1) is 32.6. The topological polar surface area (TPSA) is 126 Å². The SMILES string of the molecule is CCCCCCCCCCCCCC[C@@H](OC(=O)c1ccccc1)[C@@H](OC(=O)c1ccccc1)[C@H](COC1OC(COC(C)=O)C(C)C(C)C1C)NC(=O)CCCCCCCc1ccccc1. The minimum Gasteiger partial charge on any atom is -0.463 e. The van der Waals surface area contributed by atoms with Crippen molar-refractivity contribution in [1.29, 1.82) is 0 Å². The first kappa shape index (κ1) is 55.1. The number of carbonyl (C=O) groups excluding carboxylic acids is 4. The number of amides is 1. The summed E-state index contributed by atoms with van der Waals surface area (Å²) in [4.78, 5) is 53.9. The van der Waals surface area contributed by atoms with E-state index in [0.717, 1.165) is 57.8 Å². The molecule has 5 unspecified atom stereocenters. The summed E-state index contributed by atoms with van der Waals surface area (Å²) in [6, 6.07) is 27.1. The Hall–Kier alpha value is -4.54. The molecule has 1 amide bonds. The van der Waals surface area contributed by atoms with E-state index in [0.29, 0.717) is 24.0 Å². The molecular weight excluding hydrogens is 843 g/mol. The van der Waals surface area contributed by atoms with Crippen LogP contribution >= 0.6 is 0 Å². The Kier molecular flexibility index (Phi) is 26.5. The van der Waals surface area contributed by atoms with Gasteiger partial charge in [-0.15, -0.1) is 0 Å². The monoisotopic (exact) mass is 926 g/mol. The average Bonchev–Trinajstić information content (AvgIpc) is 3.34. The molecule has 1 saturated heterocycles. The first-order valence-corrected chi connectivity index (χ1v) is 25.8. The molecule has 0 saturated carbocycles. The third-order valence-electron chi connectivity index (χ3n) is 13.6. The summed E-state index contributed by atoms with van der Waals surface area (Å²) in [7, 11) is 0. The van der Waals surface area contributed by atoms with Crippen LogP contribution in [0.3, 0.4) is 0 Å². The van der Waals surface area contributed by atoms with Gasteiger partial charge in [0.05, 0.1) is 29.9 Å². The molecule has 370 valence electrons. The molecule has 1 fully saturated rings. The van der Waals surface area contributed by atoms with Gasteiger partial charge in [-0.25, -0.2) is 9.59 Å². The van der Waals surface area contributed by atoms with Gasteiger partial charge in [-0.2, -0.15) is 0 Å². The van der Waals surface area contributed by atoms with E-state index in [2.05, 4.69) is 57.3 Å².